The molecule has 0 saturated carbocycles. The molecule has 0 spiro atoms. The minimum atomic E-state index is -2.95. The second-order valence-corrected chi connectivity index (χ2v) is 7.89. The molecule has 2 unspecified atom stereocenters. The smallest absolute Gasteiger partial charge is 0.156 e. The van der Waals surface area contributed by atoms with E-state index in [2.05, 4.69) is 31.3 Å². The van der Waals surface area contributed by atoms with Gasteiger partial charge in [-0.1, -0.05) is 38.1 Å². The summed E-state index contributed by atoms with van der Waals surface area (Å²) < 4.78 is 23.8. The Balaban J connectivity index is 2.18. The van der Waals surface area contributed by atoms with Gasteiger partial charge in [0.25, 0.3) is 0 Å². The predicted molar refractivity (Wildman–Crippen MR) is 74.5 cm³/mol. The summed E-state index contributed by atoms with van der Waals surface area (Å²) in [4.78, 5) is 0. The Morgan fingerprint density at radius 3 is 2.33 bits per heavy atom. The zero-order chi connectivity index (χ0) is 13.3. The van der Waals surface area contributed by atoms with Crippen molar-refractivity contribution in [1.29, 1.82) is 0 Å². The van der Waals surface area contributed by atoms with E-state index in [4.69, 9.17) is 0 Å². The molecule has 1 N–H and O–H groups in total. The number of hydrogen-bond acceptors (Lipinski definition) is 3. The Bertz CT molecular complexity index is 505. The lowest BCUT2D eigenvalue weighted by Gasteiger charge is -2.28. The molecule has 0 bridgehead atoms. The van der Waals surface area contributed by atoms with Crippen LogP contribution >= 0.6 is 0 Å². The zero-order valence-corrected chi connectivity index (χ0v) is 12.0. The van der Waals surface area contributed by atoms with Gasteiger partial charge in [0, 0.05) is 12.6 Å². The molecule has 1 saturated heterocycles. The zero-order valence-electron chi connectivity index (χ0n) is 11.2. The molecule has 1 aliphatic rings. The van der Waals surface area contributed by atoms with Gasteiger partial charge < -0.3 is 5.32 Å². The molecular weight excluding hydrogens is 246 g/mol. The molecule has 1 aromatic carbocycles. The molecule has 2 rings (SSSR count). The summed E-state index contributed by atoms with van der Waals surface area (Å²) >= 11 is 0. The van der Waals surface area contributed by atoms with Crippen molar-refractivity contribution in [2.24, 2.45) is 0 Å². The van der Waals surface area contributed by atoms with Gasteiger partial charge in [-0.3, -0.25) is 0 Å². The van der Waals surface area contributed by atoms with Crippen molar-refractivity contribution in [2.75, 3.05) is 12.3 Å². The van der Waals surface area contributed by atoms with Crippen molar-refractivity contribution in [1.82, 2.24) is 5.32 Å². The number of nitrogens with one attached hydrogen (secondary N) is 1. The monoisotopic (exact) mass is 267 g/mol. The molecule has 1 aromatic rings. The molecular formula is C14H21NO2S. The molecule has 1 heterocycles. The molecule has 0 aliphatic carbocycles. The van der Waals surface area contributed by atoms with E-state index in [1.165, 1.54) is 5.56 Å². The van der Waals surface area contributed by atoms with Crippen LogP contribution in [-0.4, -0.2) is 26.0 Å². The van der Waals surface area contributed by atoms with Crippen molar-refractivity contribution < 1.29 is 8.42 Å². The lowest BCUT2D eigenvalue weighted by Crippen LogP contribution is -2.44. The van der Waals surface area contributed by atoms with E-state index in [-0.39, 0.29) is 17.0 Å². The van der Waals surface area contributed by atoms with Crippen LogP contribution in [0.25, 0.3) is 0 Å². The number of hydrogen-bond donors (Lipinski definition) is 1. The molecule has 0 amide bonds. The first kappa shape index (κ1) is 13.6. The van der Waals surface area contributed by atoms with Crippen LogP contribution in [0.15, 0.2) is 24.3 Å². The topological polar surface area (TPSA) is 46.2 Å². The highest BCUT2D eigenvalue weighted by atomic mass is 32.2. The first-order valence-corrected chi connectivity index (χ1v) is 8.16. The fraction of sp³-hybridized carbons (Fsp3) is 0.571. The van der Waals surface area contributed by atoms with Gasteiger partial charge in [-0.05, 0) is 24.0 Å². The summed E-state index contributed by atoms with van der Waals surface area (Å²) in [6.45, 7) is 6.61. The van der Waals surface area contributed by atoms with Crippen LogP contribution in [0.3, 0.4) is 0 Å². The highest BCUT2D eigenvalue weighted by Crippen LogP contribution is 2.23. The maximum atomic E-state index is 11.9. The van der Waals surface area contributed by atoms with Crippen molar-refractivity contribution in [3.8, 4) is 0 Å². The molecule has 100 valence electrons. The van der Waals surface area contributed by atoms with Crippen LogP contribution in [-0.2, 0) is 9.84 Å². The number of sulfone groups is 1. The van der Waals surface area contributed by atoms with E-state index in [9.17, 15) is 8.42 Å². The molecule has 1 fully saturated rings. The van der Waals surface area contributed by atoms with E-state index in [0.717, 1.165) is 5.56 Å². The number of rotatable bonds is 2. The average molecular weight is 267 g/mol. The van der Waals surface area contributed by atoms with Gasteiger partial charge in [0.2, 0.25) is 0 Å². The van der Waals surface area contributed by atoms with Crippen LogP contribution in [0, 0.1) is 0 Å². The van der Waals surface area contributed by atoms with Crippen LogP contribution in [0.1, 0.15) is 43.9 Å². The molecule has 2 atom stereocenters. The normalized spacial score (nSPS) is 27.3. The van der Waals surface area contributed by atoms with Gasteiger partial charge in [-0.25, -0.2) is 8.42 Å². The third kappa shape index (κ3) is 2.75. The highest BCUT2D eigenvalue weighted by Gasteiger charge is 2.31. The maximum absolute atomic E-state index is 11.9. The van der Waals surface area contributed by atoms with Gasteiger partial charge >= 0.3 is 0 Å². The second kappa shape index (κ2) is 5.02. The van der Waals surface area contributed by atoms with E-state index in [1.807, 2.05) is 12.1 Å². The van der Waals surface area contributed by atoms with Gasteiger partial charge in [0.1, 0.15) is 0 Å². The van der Waals surface area contributed by atoms with Gasteiger partial charge in [-0.15, -0.1) is 0 Å². The third-order valence-corrected chi connectivity index (χ3v) is 5.86. The Kier molecular flexibility index (Phi) is 3.78. The minimum absolute atomic E-state index is 0.0626. The first-order chi connectivity index (χ1) is 8.40. The standard InChI is InChI=1S/C14H21NO2S/c1-10(2)12-4-6-13(7-5-12)14-9-18(16,17)11(3)8-15-14/h4-7,10-11,14-15H,8-9H2,1-3H3. The molecule has 0 radical (unpaired) electrons. The van der Waals surface area contributed by atoms with Crippen LogP contribution < -0.4 is 5.32 Å². The van der Waals surface area contributed by atoms with Crippen LogP contribution in [0.2, 0.25) is 0 Å². The van der Waals surface area contributed by atoms with Gasteiger partial charge in [0.05, 0.1) is 11.0 Å². The summed E-state index contributed by atoms with van der Waals surface area (Å²) in [5.41, 5.74) is 2.35. The lowest BCUT2D eigenvalue weighted by atomic mass is 9.99. The highest BCUT2D eigenvalue weighted by molar-refractivity contribution is 7.92. The Labute approximate surface area is 110 Å². The first-order valence-electron chi connectivity index (χ1n) is 6.45. The summed E-state index contributed by atoms with van der Waals surface area (Å²) in [6, 6.07) is 8.20. The van der Waals surface area contributed by atoms with E-state index in [1.54, 1.807) is 6.92 Å². The molecule has 18 heavy (non-hydrogen) atoms. The summed E-state index contributed by atoms with van der Waals surface area (Å²) in [6.07, 6.45) is 0. The van der Waals surface area contributed by atoms with E-state index < -0.39 is 9.84 Å². The van der Waals surface area contributed by atoms with Crippen LogP contribution in [0.4, 0.5) is 0 Å². The van der Waals surface area contributed by atoms with Crippen LogP contribution in [0.5, 0.6) is 0 Å². The van der Waals surface area contributed by atoms with E-state index >= 15 is 0 Å². The quantitative estimate of drug-likeness (QED) is 0.894. The largest absolute Gasteiger partial charge is 0.308 e. The fourth-order valence-corrected chi connectivity index (χ4v) is 3.67. The van der Waals surface area contributed by atoms with Crippen molar-refractivity contribution in [3.63, 3.8) is 0 Å². The molecule has 3 nitrogen and oxygen atoms in total. The maximum Gasteiger partial charge on any atom is 0.156 e. The van der Waals surface area contributed by atoms with E-state index in [0.29, 0.717) is 12.5 Å². The lowest BCUT2D eigenvalue weighted by molar-refractivity contribution is 0.502. The Morgan fingerprint density at radius 1 is 1.22 bits per heavy atom. The van der Waals surface area contributed by atoms with Gasteiger partial charge in [-0.2, -0.15) is 0 Å². The molecule has 1 aliphatic heterocycles. The minimum Gasteiger partial charge on any atom is -0.308 e. The van der Waals surface area contributed by atoms with Crippen molar-refractivity contribution in [3.05, 3.63) is 35.4 Å². The second-order valence-electron chi connectivity index (χ2n) is 5.42. The summed E-state index contributed by atoms with van der Waals surface area (Å²) in [5, 5.41) is 3.04. The number of benzene rings is 1. The Morgan fingerprint density at radius 2 is 1.83 bits per heavy atom. The third-order valence-electron chi connectivity index (χ3n) is 3.67. The molecule has 4 heteroatoms. The predicted octanol–water partition coefficient (Wildman–Crippen LogP) is 2.26. The summed E-state index contributed by atoms with van der Waals surface area (Å²) in [7, 11) is -2.95. The summed E-state index contributed by atoms with van der Waals surface area (Å²) in [5.74, 6) is 0.706. The Hall–Kier alpha value is -0.870. The van der Waals surface area contributed by atoms with Crippen molar-refractivity contribution >= 4 is 9.84 Å². The fourth-order valence-electron chi connectivity index (χ4n) is 2.22. The molecule has 0 aromatic heterocycles. The van der Waals surface area contributed by atoms with Crippen molar-refractivity contribution in [2.45, 2.75) is 38.0 Å². The average Bonchev–Trinajstić information content (AvgIpc) is 2.33. The SMILES string of the molecule is CC(C)c1ccc(C2CS(=O)(=O)C(C)CN2)cc1. The van der Waals surface area contributed by atoms with Gasteiger partial charge in [0.15, 0.2) is 9.84 Å².